The Balaban J connectivity index is 1.25. The second kappa shape index (κ2) is 17.9. The first-order chi connectivity index (χ1) is 37.4. The van der Waals surface area contributed by atoms with E-state index in [4.69, 9.17) is 0 Å². The summed E-state index contributed by atoms with van der Waals surface area (Å²) < 4.78 is 0. The van der Waals surface area contributed by atoms with Crippen LogP contribution in [-0.2, 0) is 32.5 Å². The summed E-state index contributed by atoms with van der Waals surface area (Å²) in [5.74, 6) is 0. The monoisotopic (exact) mass is 1060 g/mol. The summed E-state index contributed by atoms with van der Waals surface area (Å²) in [4.78, 5) is 8.20. The number of nitrogens with zero attached hydrogens (tertiary/aromatic N) is 3. The van der Waals surface area contributed by atoms with Gasteiger partial charge in [0.1, 0.15) is 0 Å². The average Bonchev–Trinajstić information content (AvgIpc) is 2.39. The zero-order valence-corrected chi connectivity index (χ0v) is 52.1. The molecule has 0 radical (unpaired) electrons. The highest BCUT2D eigenvalue weighted by atomic mass is 15.3. The smallest absolute Gasteiger partial charge is 0.248 e. The fourth-order valence-corrected chi connectivity index (χ4v) is 15.5. The summed E-state index contributed by atoms with van der Waals surface area (Å²) >= 11 is 0. The van der Waals surface area contributed by atoms with Gasteiger partial charge in [0.25, 0.3) is 0 Å². The van der Waals surface area contributed by atoms with Crippen molar-refractivity contribution in [2.24, 2.45) is 5.41 Å². The van der Waals surface area contributed by atoms with Gasteiger partial charge in [0.2, 0.25) is 6.71 Å². The molecule has 6 aromatic carbocycles. The fraction of sp³-hybridized carbons (Fsp3) is 0.421. The quantitative estimate of drug-likeness (QED) is 0.117. The van der Waals surface area contributed by atoms with E-state index in [1.165, 1.54) is 126 Å². The molecule has 3 aliphatic heterocycles. The van der Waals surface area contributed by atoms with Crippen LogP contribution in [-0.4, -0.2) is 12.3 Å². The topological polar surface area (TPSA) is 9.72 Å². The van der Waals surface area contributed by atoms with Crippen LogP contribution >= 0.6 is 0 Å². The van der Waals surface area contributed by atoms with E-state index in [9.17, 15) is 0 Å². The second-order valence-electron chi connectivity index (χ2n) is 30.6. The first-order valence-electron chi connectivity index (χ1n) is 30.4. The third kappa shape index (κ3) is 8.01. The van der Waals surface area contributed by atoms with Crippen molar-refractivity contribution in [3.8, 4) is 11.1 Å². The SMILES string of the molecule is C=C/C(=C\C=C(/C)C(C)(C)C)N(c1ccc(C(C)(C)C)cc1)c1cc2c3c(c1)N1c4c(cc(-c5ccccc5)cc4C4(C)CCCCC14C)B3C1=C(c3cc4c(cc3C1(C)C)C(C)(C)CCC4(C)C)N2c1ccc(C(C)(C)C)cc1. The maximum absolute atomic E-state index is 4.62. The molecule has 6 aromatic rings. The van der Waals surface area contributed by atoms with E-state index in [-0.39, 0.29) is 50.2 Å². The first-order valence-corrected chi connectivity index (χ1v) is 30.4. The molecule has 3 aliphatic carbocycles. The number of fused-ring (bicyclic) bond motifs is 9. The predicted octanol–water partition coefficient (Wildman–Crippen LogP) is 19.6. The molecule has 0 N–H and O–H groups in total. The molecule has 0 saturated heterocycles. The summed E-state index contributed by atoms with van der Waals surface area (Å²) in [6.07, 6.45) is 13.8. The fourth-order valence-electron chi connectivity index (χ4n) is 15.5. The Labute approximate surface area is 483 Å². The van der Waals surface area contributed by atoms with Crippen LogP contribution in [0.4, 0.5) is 34.1 Å². The van der Waals surface area contributed by atoms with Gasteiger partial charge < -0.3 is 14.7 Å². The van der Waals surface area contributed by atoms with Crippen molar-refractivity contribution in [1.29, 1.82) is 0 Å². The van der Waals surface area contributed by atoms with E-state index >= 15 is 0 Å². The summed E-state index contributed by atoms with van der Waals surface area (Å²) in [5.41, 5.74) is 27.9. The van der Waals surface area contributed by atoms with Gasteiger partial charge >= 0.3 is 0 Å². The highest BCUT2D eigenvalue weighted by Gasteiger charge is 2.63. The van der Waals surface area contributed by atoms with Crippen LogP contribution in [0.1, 0.15) is 202 Å². The lowest BCUT2D eigenvalue weighted by Crippen LogP contribution is -2.62. The molecule has 80 heavy (non-hydrogen) atoms. The zero-order chi connectivity index (χ0) is 57.2. The molecule has 0 bridgehead atoms. The van der Waals surface area contributed by atoms with Crippen LogP contribution < -0.4 is 25.6 Å². The Bertz CT molecular complexity index is 3630. The predicted molar refractivity (Wildman–Crippen MR) is 347 cm³/mol. The van der Waals surface area contributed by atoms with E-state index < -0.39 is 0 Å². The molecule has 412 valence electrons. The number of benzene rings is 6. The molecule has 2 unspecified atom stereocenters. The van der Waals surface area contributed by atoms with Gasteiger partial charge in [0, 0.05) is 56.2 Å². The van der Waals surface area contributed by atoms with Gasteiger partial charge in [-0.3, -0.25) is 0 Å². The van der Waals surface area contributed by atoms with Crippen LogP contribution in [0.2, 0.25) is 0 Å². The van der Waals surface area contributed by atoms with E-state index in [1.807, 2.05) is 0 Å². The summed E-state index contributed by atoms with van der Waals surface area (Å²) in [6.45, 7) is 48.2. The Kier molecular flexibility index (Phi) is 12.1. The van der Waals surface area contributed by atoms with Crippen LogP contribution in [0.25, 0.3) is 16.8 Å². The number of hydrogen-bond donors (Lipinski definition) is 0. The Morgan fingerprint density at radius 1 is 0.588 bits per heavy atom. The van der Waals surface area contributed by atoms with E-state index in [0.717, 1.165) is 29.9 Å². The molecule has 12 rings (SSSR count). The molecule has 6 aliphatic rings. The van der Waals surface area contributed by atoms with Crippen molar-refractivity contribution in [3.63, 3.8) is 0 Å². The molecular weight excluding hydrogens is 966 g/mol. The largest absolute Gasteiger partial charge is 0.335 e. The number of hydrogen-bond acceptors (Lipinski definition) is 3. The number of anilines is 6. The standard InChI is InChI=1S/C76H90BN3/c1-20-53(33-28-48(2)69(3,4)5)78(54-34-29-51(30-35-54)70(6,7)8)56-44-63-65-64(45-56)80-67-61(75(18)38-24-25-39-76(75,80)19)42-50(49-26-22-21-23-27-49)43-62(67)77(65)68-66(79(63)55-36-31-52(32-37-55)71(9,10)11)57-46-59-60(47-58(57)74(68,16)17)73(14,15)41-40-72(59,12)13/h20-23,26-37,42-47H,1,24-25,38-41H2,2-19H3/b48-28+,53-33+. The van der Waals surface area contributed by atoms with E-state index in [2.05, 4.69) is 279 Å². The Hall–Kier alpha value is -6.26. The van der Waals surface area contributed by atoms with Gasteiger partial charge in [-0.1, -0.05) is 214 Å². The van der Waals surface area contributed by atoms with E-state index in [1.54, 1.807) is 0 Å². The molecule has 1 fully saturated rings. The third-order valence-electron chi connectivity index (χ3n) is 21.3. The molecule has 1 saturated carbocycles. The van der Waals surface area contributed by atoms with Crippen LogP contribution in [0.5, 0.6) is 0 Å². The summed E-state index contributed by atoms with van der Waals surface area (Å²) in [7, 11) is 0. The van der Waals surface area contributed by atoms with Gasteiger partial charge in [-0.25, -0.2) is 0 Å². The van der Waals surface area contributed by atoms with Crippen LogP contribution in [0.3, 0.4) is 0 Å². The Morgan fingerprint density at radius 2 is 1.18 bits per heavy atom. The molecule has 3 nitrogen and oxygen atoms in total. The van der Waals surface area contributed by atoms with Crippen molar-refractivity contribution in [3.05, 3.63) is 196 Å². The maximum atomic E-state index is 4.62. The number of allylic oxidation sites excluding steroid dienone is 5. The minimum absolute atomic E-state index is 0.000405. The van der Waals surface area contributed by atoms with Gasteiger partial charge in [0.05, 0.1) is 11.2 Å². The molecule has 3 heterocycles. The molecule has 0 amide bonds. The third-order valence-corrected chi connectivity index (χ3v) is 21.3. The average molecular weight is 1060 g/mol. The second-order valence-corrected chi connectivity index (χ2v) is 30.6. The zero-order valence-electron chi connectivity index (χ0n) is 52.1. The van der Waals surface area contributed by atoms with Gasteiger partial charge in [-0.15, -0.1) is 0 Å². The van der Waals surface area contributed by atoms with Gasteiger partial charge in [-0.05, 0) is 183 Å². The number of rotatable bonds is 7. The summed E-state index contributed by atoms with van der Waals surface area (Å²) in [6, 6.07) is 46.3. The van der Waals surface area contributed by atoms with Crippen LogP contribution in [0.15, 0.2) is 157 Å². The van der Waals surface area contributed by atoms with Gasteiger partial charge in [-0.2, -0.15) is 0 Å². The molecule has 0 aromatic heterocycles. The lowest BCUT2D eigenvalue weighted by atomic mass is 9.30. The summed E-state index contributed by atoms with van der Waals surface area (Å²) in [5, 5.41) is 0. The van der Waals surface area contributed by atoms with Crippen molar-refractivity contribution in [1.82, 2.24) is 0 Å². The first kappa shape index (κ1) is 54.3. The van der Waals surface area contributed by atoms with Crippen molar-refractivity contribution in [2.45, 2.75) is 201 Å². The highest BCUT2D eigenvalue weighted by Crippen LogP contribution is 2.65. The normalized spacial score (nSPS) is 22.3. The lowest BCUT2D eigenvalue weighted by molar-refractivity contribution is 0.195. The van der Waals surface area contributed by atoms with Crippen LogP contribution in [0, 0.1) is 5.41 Å². The minimum Gasteiger partial charge on any atom is -0.335 e. The molecular formula is C76H90BN3. The molecule has 2 atom stereocenters. The minimum atomic E-state index is -0.312. The Morgan fingerprint density at radius 3 is 1.77 bits per heavy atom. The van der Waals surface area contributed by atoms with Crippen molar-refractivity contribution in [2.75, 3.05) is 14.7 Å². The highest BCUT2D eigenvalue weighted by molar-refractivity contribution is 6.96. The van der Waals surface area contributed by atoms with Crippen molar-refractivity contribution >= 4 is 57.5 Å². The molecule has 0 spiro atoms. The molecule has 4 heteroatoms. The lowest BCUT2D eigenvalue weighted by Gasteiger charge is -2.53. The van der Waals surface area contributed by atoms with E-state index in [0.29, 0.717) is 0 Å². The maximum Gasteiger partial charge on any atom is 0.248 e. The van der Waals surface area contributed by atoms with Crippen molar-refractivity contribution < 1.29 is 0 Å². The van der Waals surface area contributed by atoms with Gasteiger partial charge in [0.15, 0.2) is 0 Å².